The zero-order valence-corrected chi connectivity index (χ0v) is 7.45. The molecule has 1 unspecified atom stereocenters. The molecule has 2 rings (SSSR count). The van der Waals surface area contributed by atoms with E-state index in [9.17, 15) is 0 Å². The predicted octanol–water partition coefficient (Wildman–Crippen LogP) is 1.96. The second-order valence-electron chi connectivity index (χ2n) is 3.07. The molecule has 0 spiro atoms. The molecular weight excluding hydrogens is 164 g/mol. The topological polar surface area (TPSA) is 51.2 Å². The van der Waals surface area contributed by atoms with Gasteiger partial charge in [0.2, 0.25) is 0 Å². The van der Waals surface area contributed by atoms with Crippen LogP contribution in [-0.2, 0) is 0 Å². The van der Waals surface area contributed by atoms with Crippen molar-refractivity contribution in [3.8, 4) is 0 Å². The Morgan fingerprint density at radius 2 is 2.15 bits per heavy atom. The van der Waals surface area contributed by atoms with Crippen molar-refractivity contribution in [2.75, 3.05) is 0 Å². The first-order valence-electron chi connectivity index (χ1n) is 4.26. The van der Waals surface area contributed by atoms with E-state index in [1.807, 2.05) is 37.3 Å². The summed E-state index contributed by atoms with van der Waals surface area (Å²) in [6, 6.07) is 9.96. The SMILES string of the molecule is CC(NN)c1cc2ccccc2o1. The van der Waals surface area contributed by atoms with Gasteiger partial charge in [-0.05, 0) is 19.1 Å². The lowest BCUT2D eigenvalue weighted by atomic mass is 10.2. The predicted molar refractivity (Wildman–Crippen MR) is 52.0 cm³/mol. The molecule has 0 fully saturated rings. The highest BCUT2D eigenvalue weighted by molar-refractivity contribution is 5.77. The van der Waals surface area contributed by atoms with Crippen LogP contribution in [0.1, 0.15) is 18.7 Å². The molecule has 0 amide bonds. The van der Waals surface area contributed by atoms with Gasteiger partial charge >= 0.3 is 0 Å². The van der Waals surface area contributed by atoms with Gasteiger partial charge in [0.15, 0.2) is 0 Å². The molecule has 3 N–H and O–H groups in total. The zero-order chi connectivity index (χ0) is 9.26. The summed E-state index contributed by atoms with van der Waals surface area (Å²) in [6.45, 7) is 1.96. The molecule has 1 heterocycles. The number of nitrogens with two attached hydrogens (primary N) is 1. The summed E-state index contributed by atoms with van der Waals surface area (Å²) in [6.07, 6.45) is 0. The largest absolute Gasteiger partial charge is 0.459 e. The lowest BCUT2D eigenvalue weighted by Gasteiger charge is -2.03. The molecule has 0 bridgehead atoms. The number of benzene rings is 1. The van der Waals surface area contributed by atoms with Crippen LogP contribution in [0.5, 0.6) is 0 Å². The standard InChI is InChI=1S/C10H12N2O/c1-7(12-11)10-6-8-4-2-3-5-9(8)13-10/h2-7,12H,11H2,1H3. The summed E-state index contributed by atoms with van der Waals surface area (Å²) in [5, 5.41) is 1.11. The average molecular weight is 176 g/mol. The lowest BCUT2D eigenvalue weighted by molar-refractivity contribution is 0.459. The van der Waals surface area contributed by atoms with Crippen molar-refractivity contribution in [3.63, 3.8) is 0 Å². The van der Waals surface area contributed by atoms with Crippen LogP contribution < -0.4 is 11.3 Å². The van der Waals surface area contributed by atoms with Gasteiger partial charge < -0.3 is 4.42 Å². The van der Waals surface area contributed by atoms with E-state index in [4.69, 9.17) is 10.3 Å². The van der Waals surface area contributed by atoms with Crippen molar-refractivity contribution in [3.05, 3.63) is 36.1 Å². The average Bonchev–Trinajstić information content (AvgIpc) is 2.59. The summed E-state index contributed by atoms with van der Waals surface area (Å²) in [5.41, 5.74) is 3.55. The summed E-state index contributed by atoms with van der Waals surface area (Å²) >= 11 is 0. The Hall–Kier alpha value is -1.32. The highest BCUT2D eigenvalue weighted by atomic mass is 16.3. The monoisotopic (exact) mass is 176 g/mol. The molecule has 3 nitrogen and oxygen atoms in total. The van der Waals surface area contributed by atoms with Crippen LogP contribution in [0.2, 0.25) is 0 Å². The highest BCUT2D eigenvalue weighted by Gasteiger charge is 2.08. The van der Waals surface area contributed by atoms with E-state index in [1.165, 1.54) is 0 Å². The summed E-state index contributed by atoms with van der Waals surface area (Å²) in [7, 11) is 0. The molecule has 1 aromatic carbocycles. The Labute approximate surface area is 76.5 Å². The molecule has 3 heteroatoms. The Kier molecular flexibility index (Phi) is 2.04. The molecule has 68 valence electrons. The van der Waals surface area contributed by atoms with Gasteiger partial charge in [-0.1, -0.05) is 18.2 Å². The number of fused-ring (bicyclic) bond motifs is 1. The number of para-hydroxylation sites is 1. The van der Waals surface area contributed by atoms with Crippen molar-refractivity contribution >= 4 is 11.0 Å². The van der Waals surface area contributed by atoms with E-state index in [1.54, 1.807) is 0 Å². The van der Waals surface area contributed by atoms with Gasteiger partial charge in [0, 0.05) is 5.39 Å². The summed E-state index contributed by atoms with van der Waals surface area (Å²) in [4.78, 5) is 0. The maximum absolute atomic E-state index is 5.58. The van der Waals surface area contributed by atoms with E-state index >= 15 is 0 Å². The van der Waals surface area contributed by atoms with Crippen molar-refractivity contribution in [2.45, 2.75) is 13.0 Å². The minimum absolute atomic E-state index is 0.0485. The first-order valence-corrected chi connectivity index (χ1v) is 4.26. The van der Waals surface area contributed by atoms with Gasteiger partial charge in [0.1, 0.15) is 11.3 Å². The first kappa shape index (κ1) is 8.29. The van der Waals surface area contributed by atoms with Gasteiger partial charge in [-0.2, -0.15) is 0 Å². The fraction of sp³-hybridized carbons (Fsp3) is 0.200. The third-order valence-electron chi connectivity index (χ3n) is 2.12. The minimum atomic E-state index is 0.0485. The zero-order valence-electron chi connectivity index (χ0n) is 7.45. The van der Waals surface area contributed by atoms with Crippen LogP contribution in [-0.4, -0.2) is 0 Å². The Morgan fingerprint density at radius 3 is 2.85 bits per heavy atom. The van der Waals surface area contributed by atoms with Gasteiger partial charge in [-0.25, -0.2) is 0 Å². The van der Waals surface area contributed by atoms with E-state index in [0.29, 0.717) is 0 Å². The van der Waals surface area contributed by atoms with Gasteiger partial charge in [0.25, 0.3) is 0 Å². The maximum atomic E-state index is 5.58. The van der Waals surface area contributed by atoms with E-state index in [-0.39, 0.29) is 6.04 Å². The van der Waals surface area contributed by atoms with E-state index < -0.39 is 0 Å². The van der Waals surface area contributed by atoms with Crippen molar-refractivity contribution in [2.24, 2.45) is 5.84 Å². The Bertz CT molecular complexity index is 375. The van der Waals surface area contributed by atoms with Crippen molar-refractivity contribution < 1.29 is 4.42 Å². The normalized spacial score (nSPS) is 13.4. The second kappa shape index (κ2) is 3.20. The number of hydrogen-bond acceptors (Lipinski definition) is 3. The molecule has 1 atom stereocenters. The van der Waals surface area contributed by atoms with Crippen LogP contribution in [0.3, 0.4) is 0 Å². The van der Waals surface area contributed by atoms with Crippen LogP contribution in [0, 0.1) is 0 Å². The van der Waals surface area contributed by atoms with Gasteiger partial charge in [-0.3, -0.25) is 11.3 Å². The fourth-order valence-corrected chi connectivity index (χ4v) is 1.30. The third kappa shape index (κ3) is 1.43. The number of nitrogens with one attached hydrogen (secondary N) is 1. The van der Waals surface area contributed by atoms with E-state index in [0.717, 1.165) is 16.7 Å². The third-order valence-corrected chi connectivity index (χ3v) is 2.12. The molecule has 2 aromatic rings. The van der Waals surface area contributed by atoms with Crippen LogP contribution in [0.4, 0.5) is 0 Å². The van der Waals surface area contributed by atoms with Crippen molar-refractivity contribution in [1.82, 2.24) is 5.43 Å². The van der Waals surface area contributed by atoms with Crippen LogP contribution in [0.25, 0.3) is 11.0 Å². The Balaban J connectivity index is 2.49. The molecule has 13 heavy (non-hydrogen) atoms. The summed E-state index contributed by atoms with van der Waals surface area (Å²) in [5.74, 6) is 6.18. The lowest BCUT2D eigenvalue weighted by Crippen LogP contribution is -2.25. The smallest absolute Gasteiger partial charge is 0.134 e. The highest BCUT2D eigenvalue weighted by Crippen LogP contribution is 2.22. The second-order valence-corrected chi connectivity index (χ2v) is 3.07. The molecule has 1 aromatic heterocycles. The molecule has 0 radical (unpaired) electrons. The number of rotatable bonds is 2. The van der Waals surface area contributed by atoms with Crippen molar-refractivity contribution in [1.29, 1.82) is 0 Å². The minimum Gasteiger partial charge on any atom is -0.459 e. The molecule has 0 aliphatic carbocycles. The molecule has 0 aliphatic heterocycles. The molecule has 0 aliphatic rings. The molecule has 0 saturated carbocycles. The number of hydrogen-bond donors (Lipinski definition) is 2. The fourth-order valence-electron chi connectivity index (χ4n) is 1.30. The van der Waals surface area contributed by atoms with Crippen LogP contribution >= 0.6 is 0 Å². The van der Waals surface area contributed by atoms with Gasteiger partial charge in [0.05, 0.1) is 6.04 Å². The molecule has 0 saturated heterocycles. The van der Waals surface area contributed by atoms with Gasteiger partial charge in [-0.15, -0.1) is 0 Å². The van der Waals surface area contributed by atoms with Crippen LogP contribution in [0.15, 0.2) is 34.7 Å². The Morgan fingerprint density at radius 1 is 1.38 bits per heavy atom. The maximum Gasteiger partial charge on any atom is 0.134 e. The number of furan rings is 1. The summed E-state index contributed by atoms with van der Waals surface area (Å²) < 4.78 is 5.58. The first-order chi connectivity index (χ1) is 6.31. The molecular formula is C10H12N2O. The van der Waals surface area contributed by atoms with E-state index in [2.05, 4.69) is 5.43 Å². The quantitative estimate of drug-likeness (QED) is 0.543. The number of hydrazine groups is 1.